The third kappa shape index (κ3) is 6.16. The molecule has 1 rings (SSSR count). The zero-order chi connectivity index (χ0) is 13.4. The van der Waals surface area contributed by atoms with Crippen LogP contribution in [0, 0.1) is 0 Å². The van der Waals surface area contributed by atoms with Gasteiger partial charge in [0.15, 0.2) is 0 Å². The van der Waals surface area contributed by atoms with Crippen LogP contribution in [0.15, 0.2) is 6.33 Å². The highest BCUT2D eigenvalue weighted by Crippen LogP contribution is 1.88. The van der Waals surface area contributed by atoms with Gasteiger partial charge in [0.25, 0.3) is 0 Å². The summed E-state index contributed by atoms with van der Waals surface area (Å²) in [6, 6.07) is 0. The van der Waals surface area contributed by atoms with E-state index < -0.39 is 0 Å². The van der Waals surface area contributed by atoms with Crippen molar-refractivity contribution in [1.82, 2.24) is 25.0 Å². The Morgan fingerprint density at radius 1 is 1.56 bits per heavy atom. The summed E-state index contributed by atoms with van der Waals surface area (Å²) in [5, 5.41) is 6.54. The van der Waals surface area contributed by atoms with E-state index in [1.54, 1.807) is 0 Å². The second kappa shape index (κ2) is 7.62. The largest absolute Gasteiger partial charge is 0.378 e. The Morgan fingerprint density at radius 2 is 2.33 bits per heavy atom. The third-order valence-corrected chi connectivity index (χ3v) is 2.11. The van der Waals surface area contributed by atoms with Gasteiger partial charge < -0.3 is 20.7 Å². The van der Waals surface area contributed by atoms with Crippen molar-refractivity contribution in [3.8, 4) is 0 Å². The molecular weight excluding hydrogens is 236 g/mol. The highest BCUT2D eigenvalue weighted by Gasteiger charge is 2.03. The van der Waals surface area contributed by atoms with Crippen LogP contribution >= 0.6 is 0 Å². The highest BCUT2D eigenvalue weighted by molar-refractivity contribution is 5.75. The number of nitrogens with two attached hydrogens (primary N) is 1. The van der Waals surface area contributed by atoms with Crippen molar-refractivity contribution in [2.24, 2.45) is 0 Å². The standard InChI is InChI=1S/C10H20N6O2/c1-15(2)4-6-18-5-3-12-9(17)7-16-8-13-10(11)14-16/h8H,3-7H2,1-2H3,(H2,11,14)(H,12,17). The van der Waals surface area contributed by atoms with Crippen LogP contribution in [0.3, 0.4) is 0 Å². The maximum absolute atomic E-state index is 11.5. The molecule has 0 spiro atoms. The molecule has 1 aromatic heterocycles. The first kappa shape index (κ1) is 14.4. The quantitative estimate of drug-likeness (QED) is 0.552. The number of anilines is 1. The Morgan fingerprint density at radius 3 is 2.94 bits per heavy atom. The van der Waals surface area contributed by atoms with Crippen molar-refractivity contribution in [3.63, 3.8) is 0 Å². The highest BCUT2D eigenvalue weighted by atomic mass is 16.5. The Bertz CT molecular complexity index is 365. The van der Waals surface area contributed by atoms with E-state index in [0.717, 1.165) is 6.54 Å². The van der Waals surface area contributed by atoms with Crippen molar-refractivity contribution in [2.45, 2.75) is 6.54 Å². The number of ether oxygens (including phenoxy) is 1. The number of aromatic nitrogens is 3. The molecule has 102 valence electrons. The van der Waals surface area contributed by atoms with Gasteiger partial charge in [0.1, 0.15) is 12.9 Å². The molecule has 0 aliphatic heterocycles. The first-order valence-corrected chi connectivity index (χ1v) is 5.72. The fraction of sp³-hybridized carbons (Fsp3) is 0.700. The van der Waals surface area contributed by atoms with Crippen molar-refractivity contribution in [3.05, 3.63) is 6.33 Å². The van der Waals surface area contributed by atoms with Crippen LogP contribution in [-0.4, -0.2) is 66.0 Å². The van der Waals surface area contributed by atoms with E-state index in [9.17, 15) is 4.79 Å². The molecule has 0 aliphatic rings. The number of carbonyl (C=O) groups is 1. The molecule has 0 unspecified atom stereocenters. The van der Waals surface area contributed by atoms with Crippen molar-refractivity contribution < 1.29 is 9.53 Å². The molecule has 1 amide bonds. The zero-order valence-corrected chi connectivity index (χ0v) is 10.8. The average Bonchev–Trinajstić information content (AvgIpc) is 2.68. The first-order valence-electron chi connectivity index (χ1n) is 5.72. The molecule has 0 bridgehead atoms. The van der Waals surface area contributed by atoms with Crippen LogP contribution in [0.1, 0.15) is 0 Å². The van der Waals surface area contributed by atoms with E-state index in [2.05, 4.69) is 15.4 Å². The topological polar surface area (TPSA) is 98.3 Å². The summed E-state index contributed by atoms with van der Waals surface area (Å²) in [6.07, 6.45) is 1.42. The third-order valence-electron chi connectivity index (χ3n) is 2.11. The Kier molecular flexibility index (Phi) is 6.09. The summed E-state index contributed by atoms with van der Waals surface area (Å²) in [5.41, 5.74) is 5.33. The van der Waals surface area contributed by atoms with Gasteiger partial charge >= 0.3 is 0 Å². The molecule has 0 aliphatic carbocycles. The molecule has 0 saturated carbocycles. The maximum Gasteiger partial charge on any atom is 0.241 e. The van der Waals surface area contributed by atoms with Crippen LogP contribution < -0.4 is 11.1 Å². The van der Waals surface area contributed by atoms with Crippen molar-refractivity contribution >= 4 is 11.9 Å². The van der Waals surface area contributed by atoms with Crippen LogP contribution in [0.25, 0.3) is 0 Å². The predicted octanol–water partition coefficient (Wildman–Crippen LogP) is -1.45. The summed E-state index contributed by atoms with van der Waals surface area (Å²) in [6.45, 7) is 2.62. The van der Waals surface area contributed by atoms with Crippen LogP contribution in [0.2, 0.25) is 0 Å². The van der Waals surface area contributed by atoms with Gasteiger partial charge in [-0.3, -0.25) is 4.79 Å². The lowest BCUT2D eigenvalue weighted by molar-refractivity contribution is -0.122. The predicted molar refractivity (Wildman–Crippen MR) is 66.8 cm³/mol. The van der Waals surface area contributed by atoms with Gasteiger partial charge in [0, 0.05) is 13.1 Å². The molecule has 0 aromatic carbocycles. The van der Waals surface area contributed by atoms with Gasteiger partial charge in [0.05, 0.1) is 13.2 Å². The SMILES string of the molecule is CN(C)CCOCCNC(=O)Cn1cnc(N)n1. The first-order chi connectivity index (χ1) is 8.58. The summed E-state index contributed by atoms with van der Waals surface area (Å²) < 4.78 is 6.72. The molecule has 3 N–H and O–H groups in total. The molecule has 8 nitrogen and oxygen atoms in total. The van der Waals surface area contributed by atoms with E-state index in [-0.39, 0.29) is 18.4 Å². The number of likely N-dealkylation sites (N-methyl/N-ethyl adjacent to an activating group) is 1. The van der Waals surface area contributed by atoms with E-state index >= 15 is 0 Å². The number of nitrogens with one attached hydrogen (secondary N) is 1. The number of amides is 1. The number of nitrogens with zero attached hydrogens (tertiary/aromatic N) is 4. The molecule has 8 heteroatoms. The Balaban J connectivity index is 2.03. The van der Waals surface area contributed by atoms with Crippen LogP contribution in [0.4, 0.5) is 5.95 Å². The second-order valence-corrected chi connectivity index (χ2v) is 4.07. The summed E-state index contributed by atoms with van der Waals surface area (Å²) in [5.74, 6) is 0.0194. The van der Waals surface area contributed by atoms with E-state index in [1.807, 2.05) is 19.0 Å². The van der Waals surface area contributed by atoms with Crippen molar-refractivity contribution in [1.29, 1.82) is 0 Å². The molecule has 0 saturated heterocycles. The lowest BCUT2D eigenvalue weighted by atomic mass is 10.5. The normalized spacial score (nSPS) is 10.8. The molecule has 0 fully saturated rings. The average molecular weight is 256 g/mol. The second-order valence-electron chi connectivity index (χ2n) is 4.07. The Labute approximate surface area is 106 Å². The number of hydrogen-bond donors (Lipinski definition) is 2. The lowest BCUT2D eigenvalue weighted by Gasteiger charge is -2.10. The molecule has 0 atom stereocenters. The number of carbonyl (C=O) groups excluding carboxylic acids is 1. The Hall–Kier alpha value is -1.67. The molecule has 1 aromatic rings. The van der Waals surface area contributed by atoms with Gasteiger partial charge in [-0.2, -0.15) is 0 Å². The van der Waals surface area contributed by atoms with Gasteiger partial charge in [0.2, 0.25) is 11.9 Å². The minimum absolute atomic E-state index is 0.113. The summed E-state index contributed by atoms with van der Waals surface area (Å²) in [4.78, 5) is 17.2. The summed E-state index contributed by atoms with van der Waals surface area (Å²) >= 11 is 0. The van der Waals surface area contributed by atoms with Crippen molar-refractivity contribution in [2.75, 3.05) is 46.1 Å². The molecule has 18 heavy (non-hydrogen) atoms. The lowest BCUT2D eigenvalue weighted by Crippen LogP contribution is -2.31. The number of hydrogen-bond acceptors (Lipinski definition) is 6. The van der Waals surface area contributed by atoms with E-state index in [1.165, 1.54) is 11.0 Å². The van der Waals surface area contributed by atoms with E-state index in [4.69, 9.17) is 10.5 Å². The van der Waals surface area contributed by atoms with Crippen LogP contribution in [-0.2, 0) is 16.1 Å². The smallest absolute Gasteiger partial charge is 0.241 e. The number of rotatable bonds is 8. The minimum atomic E-state index is -0.142. The minimum Gasteiger partial charge on any atom is -0.378 e. The summed E-state index contributed by atoms with van der Waals surface area (Å²) in [7, 11) is 3.96. The zero-order valence-electron chi connectivity index (χ0n) is 10.8. The molecule has 0 radical (unpaired) electrons. The van der Waals surface area contributed by atoms with Gasteiger partial charge in [-0.05, 0) is 14.1 Å². The van der Waals surface area contributed by atoms with Gasteiger partial charge in [-0.25, -0.2) is 9.67 Å². The molecular formula is C10H20N6O2. The van der Waals surface area contributed by atoms with Crippen LogP contribution in [0.5, 0.6) is 0 Å². The molecule has 1 heterocycles. The fourth-order valence-electron chi connectivity index (χ4n) is 1.20. The van der Waals surface area contributed by atoms with E-state index in [0.29, 0.717) is 19.8 Å². The van der Waals surface area contributed by atoms with Gasteiger partial charge in [-0.15, -0.1) is 5.10 Å². The van der Waals surface area contributed by atoms with Gasteiger partial charge in [-0.1, -0.05) is 0 Å². The number of nitrogen functional groups attached to an aromatic ring is 1. The fourth-order valence-corrected chi connectivity index (χ4v) is 1.20. The maximum atomic E-state index is 11.5. The monoisotopic (exact) mass is 256 g/mol.